The van der Waals surface area contributed by atoms with Crippen molar-refractivity contribution in [3.05, 3.63) is 90.7 Å². The second kappa shape index (κ2) is 8.75. The fourth-order valence-electron chi connectivity index (χ4n) is 2.92. The molecule has 4 rings (SSSR count). The molecule has 1 heterocycles. The van der Waals surface area contributed by atoms with Crippen LogP contribution in [-0.4, -0.2) is 21.6 Å². The van der Waals surface area contributed by atoms with Crippen LogP contribution < -0.4 is 5.32 Å². The lowest BCUT2D eigenvalue weighted by atomic mass is 10.1. The number of imidazole rings is 1. The SMILES string of the molecule is O=C(CSc1nc(-c2ccccc2)c(-c2ccccc2)[nH]1)Nc1ccccc1F. The van der Waals surface area contributed by atoms with Gasteiger partial charge in [-0.25, -0.2) is 9.37 Å². The Bertz CT molecular complexity index is 1060. The molecule has 29 heavy (non-hydrogen) atoms. The summed E-state index contributed by atoms with van der Waals surface area (Å²) >= 11 is 1.28. The van der Waals surface area contributed by atoms with Gasteiger partial charge in [-0.3, -0.25) is 4.79 Å². The van der Waals surface area contributed by atoms with E-state index in [1.165, 1.54) is 23.9 Å². The smallest absolute Gasteiger partial charge is 0.234 e. The Morgan fingerprint density at radius 3 is 2.21 bits per heavy atom. The number of benzene rings is 3. The third-order valence-electron chi connectivity index (χ3n) is 4.28. The fourth-order valence-corrected chi connectivity index (χ4v) is 3.59. The molecule has 0 aliphatic heterocycles. The lowest BCUT2D eigenvalue weighted by molar-refractivity contribution is -0.113. The Hall–Kier alpha value is -3.38. The zero-order chi connectivity index (χ0) is 20.1. The molecule has 0 spiro atoms. The number of halogens is 1. The largest absolute Gasteiger partial charge is 0.332 e. The molecule has 1 amide bonds. The van der Waals surface area contributed by atoms with Crippen LogP contribution in [0.1, 0.15) is 0 Å². The molecule has 0 atom stereocenters. The molecule has 3 aromatic carbocycles. The van der Waals surface area contributed by atoms with Crippen molar-refractivity contribution in [2.45, 2.75) is 5.16 Å². The standard InChI is InChI=1S/C23H18FN3OS/c24-18-13-7-8-14-19(18)25-20(28)15-29-23-26-21(16-9-3-1-4-10-16)22(27-23)17-11-5-2-6-12-17/h1-14H,15H2,(H,25,28)(H,26,27). The minimum absolute atomic E-state index is 0.115. The molecule has 0 bridgehead atoms. The average Bonchev–Trinajstić information content (AvgIpc) is 3.20. The summed E-state index contributed by atoms with van der Waals surface area (Å²) in [6, 6.07) is 25.9. The molecule has 0 saturated heterocycles. The molecule has 2 N–H and O–H groups in total. The van der Waals surface area contributed by atoms with E-state index in [0.29, 0.717) is 5.16 Å². The van der Waals surface area contributed by atoms with E-state index in [1.54, 1.807) is 12.1 Å². The summed E-state index contributed by atoms with van der Waals surface area (Å²) in [7, 11) is 0. The van der Waals surface area contributed by atoms with E-state index in [4.69, 9.17) is 4.98 Å². The Labute approximate surface area is 172 Å². The number of nitrogens with one attached hydrogen (secondary N) is 2. The van der Waals surface area contributed by atoms with E-state index in [1.807, 2.05) is 60.7 Å². The van der Waals surface area contributed by atoms with Crippen molar-refractivity contribution in [2.24, 2.45) is 0 Å². The Morgan fingerprint density at radius 2 is 1.52 bits per heavy atom. The average molecular weight is 403 g/mol. The van der Waals surface area contributed by atoms with Gasteiger partial charge in [-0.1, -0.05) is 84.6 Å². The molecule has 0 fully saturated rings. The summed E-state index contributed by atoms with van der Waals surface area (Å²) < 4.78 is 13.7. The van der Waals surface area contributed by atoms with Gasteiger partial charge in [0.2, 0.25) is 5.91 Å². The van der Waals surface area contributed by atoms with Crippen LogP contribution in [0.2, 0.25) is 0 Å². The summed E-state index contributed by atoms with van der Waals surface area (Å²) in [5.41, 5.74) is 3.90. The number of rotatable bonds is 6. The van der Waals surface area contributed by atoms with Crippen LogP contribution in [0.25, 0.3) is 22.5 Å². The minimum atomic E-state index is -0.457. The van der Waals surface area contributed by atoms with Gasteiger partial charge in [0.1, 0.15) is 5.82 Å². The molecule has 6 heteroatoms. The van der Waals surface area contributed by atoms with Crippen LogP contribution in [0, 0.1) is 5.82 Å². The summed E-state index contributed by atoms with van der Waals surface area (Å²) in [6.07, 6.45) is 0. The number of H-pyrrole nitrogens is 1. The van der Waals surface area contributed by atoms with Crippen molar-refractivity contribution in [3.8, 4) is 22.5 Å². The highest BCUT2D eigenvalue weighted by Gasteiger charge is 2.15. The topological polar surface area (TPSA) is 57.8 Å². The van der Waals surface area contributed by atoms with Crippen molar-refractivity contribution < 1.29 is 9.18 Å². The van der Waals surface area contributed by atoms with Crippen LogP contribution >= 0.6 is 11.8 Å². The molecule has 0 aliphatic rings. The summed E-state index contributed by atoms with van der Waals surface area (Å²) in [6.45, 7) is 0. The highest BCUT2D eigenvalue weighted by Crippen LogP contribution is 2.32. The Morgan fingerprint density at radius 1 is 0.897 bits per heavy atom. The Balaban J connectivity index is 1.54. The molecule has 4 aromatic rings. The predicted octanol–water partition coefficient (Wildman–Crippen LogP) is 5.61. The highest BCUT2D eigenvalue weighted by molar-refractivity contribution is 7.99. The molecular weight excluding hydrogens is 385 g/mol. The molecular formula is C23H18FN3OS. The second-order valence-electron chi connectivity index (χ2n) is 6.31. The van der Waals surface area contributed by atoms with Crippen LogP contribution in [-0.2, 0) is 4.79 Å². The molecule has 144 valence electrons. The fraction of sp³-hybridized carbons (Fsp3) is 0.0435. The first-order chi connectivity index (χ1) is 14.2. The third kappa shape index (κ3) is 4.55. The number of aromatic nitrogens is 2. The van der Waals surface area contributed by atoms with E-state index >= 15 is 0 Å². The first-order valence-electron chi connectivity index (χ1n) is 9.09. The number of hydrogen-bond donors (Lipinski definition) is 2. The maximum Gasteiger partial charge on any atom is 0.234 e. The number of para-hydroxylation sites is 1. The van der Waals surface area contributed by atoms with E-state index in [2.05, 4.69) is 10.3 Å². The van der Waals surface area contributed by atoms with Gasteiger partial charge >= 0.3 is 0 Å². The van der Waals surface area contributed by atoms with Gasteiger partial charge in [-0.05, 0) is 12.1 Å². The van der Waals surface area contributed by atoms with E-state index in [-0.39, 0.29) is 17.3 Å². The first-order valence-corrected chi connectivity index (χ1v) is 10.1. The van der Waals surface area contributed by atoms with Crippen molar-refractivity contribution >= 4 is 23.4 Å². The zero-order valence-electron chi connectivity index (χ0n) is 15.4. The van der Waals surface area contributed by atoms with Gasteiger partial charge in [-0.2, -0.15) is 0 Å². The quantitative estimate of drug-likeness (QED) is 0.411. The number of amides is 1. The lowest BCUT2D eigenvalue weighted by Gasteiger charge is -2.05. The maximum atomic E-state index is 13.7. The highest BCUT2D eigenvalue weighted by atomic mass is 32.2. The van der Waals surface area contributed by atoms with Crippen molar-refractivity contribution in [2.75, 3.05) is 11.1 Å². The van der Waals surface area contributed by atoms with Gasteiger partial charge in [0, 0.05) is 11.1 Å². The summed E-state index contributed by atoms with van der Waals surface area (Å²) in [4.78, 5) is 20.3. The number of carbonyl (C=O) groups is 1. The minimum Gasteiger partial charge on any atom is -0.332 e. The van der Waals surface area contributed by atoms with Gasteiger partial charge in [-0.15, -0.1) is 0 Å². The lowest BCUT2D eigenvalue weighted by Crippen LogP contribution is -2.15. The van der Waals surface area contributed by atoms with E-state index < -0.39 is 5.82 Å². The number of nitrogens with zero attached hydrogens (tertiary/aromatic N) is 1. The van der Waals surface area contributed by atoms with Crippen LogP contribution in [0.15, 0.2) is 90.1 Å². The number of anilines is 1. The monoisotopic (exact) mass is 403 g/mol. The van der Waals surface area contributed by atoms with Crippen LogP contribution in [0.3, 0.4) is 0 Å². The molecule has 0 aliphatic carbocycles. The van der Waals surface area contributed by atoms with Crippen LogP contribution in [0.5, 0.6) is 0 Å². The van der Waals surface area contributed by atoms with Gasteiger partial charge in [0.25, 0.3) is 0 Å². The maximum absolute atomic E-state index is 13.7. The van der Waals surface area contributed by atoms with Gasteiger partial charge in [0.05, 0.1) is 22.8 Å². The number of carbonyl (C=O) groups excluding carboxylic acids is 1. The second-order valence-corrected chi connectivity index (χ2v) is 7.28. The van der Waals surface area contributed by atoms with E-state index in [0.717, 1.165) is 22.5 Å². The zero-order valence-corrected chi connectivity index (χ0v) is 16.2. The van der Waals surface area contributed by atoms with Crippen molar-refractivity contribution in [1.82, 2.24) is 9.97 Å². The Kier molecular flexibility index (Phi) is 5.72. The summed E-state index contributed by atoms with van der Waals surface area (Å²) in [5, 5.41) is 3.22. The van der Waals surface area contributed by atoms with Crippen molar-refractivity contribution in [1.29, 1.82) is 0 Å². The van der Waals surface area contributed by atoms with Gasteiger partial charge in [0.15, 0.2) is 5.16 Å². The number of aromatic amines is 1. The molecule has 1 aromatic heterocycles. The molecule has 0 unspecified atom stereocenters. The molecule has 0 radical (unpaired) electrons. The first kappa shape index (κ1) is 19.0. The normalized spacial score (nSPS) is 10.7. The molecule has 0 saturated carbocycles. The molecule has 4 nitrogen and oxygen atoms in total. The van der Waals surface area contributed by atoms with Gasteiger partial charge < -0.3 is 10.3 Å². The third-order valence-corrected chi connectivity index (χ3v) is 5.15. The number of hydrogen-bond acceptors (Lipinski definition) is 3. The van der Waals surface area contributed by atoms with E-state index in [9.17, 15) is 9.18 Å². The predicted molar refractivity (Wildman–Crippen MR) is 115 cm³/mol. The van der Waals surface area contributed by atoms with Crippen molar-refractivity contribution in [3.63, 3.8) is 0 Å². The number of thioether (sulfide) groups is 1. The summed E-state index contributed by atoms with van der Waals surface area (Å²) in [5.74, 6) is -0.634. The van der Waals surface area contributed by atoms with Crippen LogP contribution in [0.4, 0.5) is 10.1 Å².